The second-order valence-electron chi connectivity index (χ2n) is 7.40. The average molecular weight is 406 g/mol. The fourth-order valence-corrected chi connectivity index (χ4v) is 4.20. The van der Waals surface area contributed by atoms with Crippen LogP contribution in [0.3, 0.4) is 0 Å². The zero-order valence-corrected chi connectivity index (χ0v) is 16.0. The maximum absolute atomic E-state index is 10.4. The smallest absolute Gasteiger partial charge is 0.113 e. The van der Waals surface area contributed by atoms with E-state index in [0.29, 0.717) is 10.6 Å². The summed E-state index contributed by atoms with van der Waals surface area (Å²) in [7, 11) is 0. The first-order chi connectivity index (χ1) is 13.5. The molecule has 28 heavy (non-hydrogen) atoms. The molecule has 2 aliphatic heterocycles. The number of ether oxygens (including phenoxy) is 1. The molecule has 0 bridgehead atoms. The fraction of sp³-hybridized carbons (Fsp3) is 0.429. The Morgan fingerprint density at radius 3 is 2.39 bits per heavy atom. The monoisotopic (exact) mass is 405 g/mol. The highest BCUT2D eigenvalue weighted by molar-refractivity contribution is 6.30. The van der Waals surface area contributed by atoms with Crippen LogP contribution in [0.25, 0.3) is 0 Å². The average Bonchev–Trinajstić information content (AvgIpc) is 2.72. The van der Waals surface area contributed by atoms with E-state index in [1.54, 1.807) is 0 Å². The van der Waals surface area contributed by atoms with Crippen molar-refractivity contribution in [1.82, 2.24) is 5.32 Å². The first kappa shape index (κ1) is 19.8. The van der Waals surface area contributed by atoms with Gasteiger partial charge in [0.05, 0.1) is 12.6 Å². The number of nitrogens with one attached hydrogen (secondary N) is 1. The molecule has 5 N–H and O–H groups in total. The summed E-state index contributed by atoms with van der Waals surface area (Å²) in [6.45, 7) is 0.404. The number of hydrogen-bond donors (Lipinski definition) is 5. The molecule has 1 fully saturated rings. The van der Waals surface area contributed by atoms with Gasteiger partial charge < -0.3 is 30.5 Å². The van der Waals surface area contributed by atoms with Crippen LogP contribution in [0.4, 0.5) is 0 Å². The third-order valence-corrected chi connectivity index (χ3v) is 5.90. The van der Waals surface area contributed by atoms with E-state index in [1.807, 2.05) is 42.5 Å². The lowest BCUT2D eigenvalue weighted by Crippen LogP contribution is -2.55. The highest BCUT2D eigenvalue weighted by Crippen LogP contribution is 2.36. The highest BCUT2D eigenvalue weighted by atomic mass is 35.5. The summed E-state index contributed by atoms with van der Waals surface area (Å²) in [5.74, 6) is 0. The van der Waals surface area contributed by atoms with Crippen LogP contribution in [0.1, 0.15) is 34.4 Å². The van der Waals surface area contributed by atoms with Crippen LogP contribution in [-0.2, 0) is 11.2 Å². The molecule has 6 nitrogen and oxygen atoms in total. The summed E-state index contributed by atoms with van der Waals surface area (Å²) in [4.78, 5) is 0. The molecule has 0 amide bonds. The molecule has 2 heterocycles. The molecule has 7 heteroatoms. The molecule has 2 aromatic carbocycles. The number of rotatable bonds is 3. The standard InChI is InChI=1S/C21H24ClNO5/c22-14-5-3-12(4-6-14)17-15-9-13(2-1-11(15)7-8-23-17)21-20(27)19(26)18(25)16(10-24)28-21/h1-6,9,16-21,23-27H,7-8,10H2/t16-,17+,18-,19+,20-,21+/m1/s1. The molecule has 0 aliphatic carbocycles. The Morgan fingerprint density at radius 1 is 0.964 bits per heavy atom. The SMILES string of the molecule is OC[C@H]1O[C@@H](c2ccc3c(c2)[C@H](c2ccc(Cl)cc2)NCC3)[C@H](O)[C@@H](O)[C@@H]1O. The minimum absolute atomic E-state index is 0.0224. The predicted octanol–water partition coefficient (Wildman–Crippen LogP) is 1.09. The van der Waals surface area contributed by atoms with E-state index in [4.69, 9.17) is 16.3 Å². The maximum Gasteiger partial charge on any atom is 0.113 e. The molecular weight excluding hydrogens is 382 g/mol. The molecule has 4 rings (SSSR count). The Balaban J connectivity index is 1.69. The summed E-state index contributed by atoms with van der Waals surface area (Å²) in [6, 6.07) is 13.5. The largest absolute Gasteiger partial charge is 0.394 e. The second kappa shape index (κ2) is 8.08. The van der Waals surface area contributed by atoms with Crippen molar-refractivity contribution < 1.29 is 25.2 Å². The van der Waals surface area contributed by atoms with Crippen LogP contribution in [0.2, 0.25) is 5.02 Å². The van der Waals surface area contributed by atoms with Gasteiger partial charge in [0.2, 0.25) is 0 Å². The summed E-state index contributed by atoms with van der Waals surface area (Å²) in [6.07, 6.45) is -4.93. The second-order valence-corrected chi connectivity index (χ2v) is 7.83. The lowest BCUT2D eigenvalue weighted by molar-refractivity contribution is -0.231. The van der Waals surface area contributed by atoms with E-state index < -0.39 is 37.1 Å². The summed E-state index contributed by atoms with van der Waals surface area (Å²) >= 11 is 6.02. The molecule has 2 aromatic rings. The Bertz CT molecular complexity index is 828. The first-order valence-electron chi connectivity index (χ1n) is 9.41. The molecule has 0 saturated carbocycles. The summed E-state index contributed by atoms with van der Waals surface area (Å²) < 4.78 is 5.72. The number of benzene rings is 2. The highest BCUT2D eigenvalue weighted by Gasteiger charge is 2.44. The molecule has 2 aliphatic rings. The van der Waals surface area contributed by atoms with Gasteiger partial charge in [-0.1, -0.05) is 41.9 Å². The van der Waals surface area contributed by atoms with E-state index in [0.717, 1.165) is 24.1 Å². The molecular formula is C21H24ClNO5. The van der Waals surface area contributed by atoms with Crippen molar-refractivity contribution in [2.45, 2.75) is 43.0 Å². The van der Waals surface area contributed by atoms with E-state index >= 15 is 0 Å². The van der Waals surface area contributed by atoms with Gasteiger partial charge in [-0.05, 0) is 40.8 Å². The van der Waals surface area contributed by atoms with Gasteiger partial charge >= 0.3 is 0 Å². The predicted molar refractivity (Wildman–Crippen MR) is 104 cm³/mol. The number of fused-ring (bicyclic) bond motifs is 1. The van der Waals surface area contributed by atoms with Crippen LogP contribution in [-0.4, -0.2) is 58.0 Å². The van der Waals surface area contributed by atoms with Gasteiger partial charge in [-0.3, -0.25) is 0 Å². The quantitative estimate of drug-likeness (QED) is 0.524. The van der Waals surface area contributed by atoms with Crippen molar-refractivity contribution in [3.8, 4) is 0 Å². The van der Waals surface area contributed by atoms with Crippen LogP contribution >= 0.6 is 11.6 Å². The normalized spacial score (nSPS) is 32.8. The third kappa shape index (κ3) is 3.57. The van der Waals surface area contributed by atoms with Gasteiger partial charge in [0.25, 0.3) is 0 Å². The van der Waals surface area contributed by atoms with Crippen molar-refractivity contribution in [3.63, 3.8) is 0 Å². The van der Waals surface area contributed by atoms with Crippen molar-refractivity contribution in [2.75, 3.05) is 13.2 Å². The van der Waals surface area contributed by atoms with Gasteiger partial charge in [-0.25, -0.2) is 0 Å². The number of halogens is 1. The zero-order valence-electron chi connectivity index (χ0n) is 15.2. The molecule has 0 spiro atoms. The molecule has 1 saturated heterocycles. The van der Waals surface area contributed by atoms with Crippen LogP contribution in [0.5, 0.6) is 0 Å². The van der Waals surface area contributed by atoms with Gasteiger partial charge in [0.15, 0.2) is 0 Å². The van der Waals surface area contributed by atoms with Gasteiger partial charge in [0, 0.05) is 11.6 Å². The lowest BCUT2D eigenvalue weighted by Gasteiger charge is -2.40. The van der Waals surface area contributed by atoms with Crippen LogP contribution in [0, 0.1) is 0 Å². The minimum atomic E-state index is -1.39. The van der Waals surface area contributed by atoms with E-state index in [2.05, 4.69) is 5.32 Å². The maximum atomic E-state index is 10.4. The van der Waals surface area contributed by atoms with Crippen molar-refractivity contribution >= 4 is 11.6 Å². The Labute approximate surface area is 168 Å². The topological polar surface area (TPSA) is 102 Å². The molecule has 6 atom stereocenters. The number of hydrogen-bond acceptors (Lipinski definition) is 6. The van der Waals surface area contributed by atoms with Crippen molar-refractivity contribution in [3.05, 3.63) is 69.7 Å². The van der Waals surface area contributed by atoms with Crippen LogP contribution in [0.15, 0.2) is 42.5 Å². The molecule has 0 unspecified atom stereocenters. The lowest BCUT2D eigenvalue weighted by atomic mass is 9.85. The van der Waals surface area contributed by atoms with Crippen molar-refractivity contribution in [2.24, 2.45) is 0 Å². The van der Waals surface area contributed by atoms with Gasteiger partial charge in [-0.15, -0.1) is 0 Å². The van der Waals surface area contributed by atoms with E-state index in [9.17, 15) is 20.4 Å². The third-order valence-electron chi connectivity index (χ3n) is 5.65. The summed E-state index contributed by atoms with van der Waals surface area (Å²) in [5, 5.41) is 44.2. The Morgan fingerprint density at radius 2 is 1.68 bits per heavy atom. The zero-order chi connectivity index (χ0) is 19.8. The number of aliphatic hydroxyl groups is 4. The van der Waals surface area contributed by atoms with Gasteiger partial charge in [0.1, 0.15) is 30.5 Å². The van der Waals surface area contributed by atoms with Gasteiger partial charge in [-0.2, -0.15) is 0 Å². The number of aliphatic hydroxyl groups excluding tert-OH is 4. The molecule has 0 radical (unpaired) electrons. The minimum Gasteiger partial charge on any atom is -0.394 e. The molecule has 150 valence electrons. The fourth-order valence-electron chi connectivity index (χ4n) is 4.08. The van der Waals surface area contributed by atoms with E-state index in [-0.39, 0.29) is 6.04 Å². The summed E-state index contributed by atoms with van der Waals surface area (Å²) in [5.41, 5.74) is 4.05. The van der Waals surface area contributed by atoms with E-state index in [1.165, 1.54) is 5.56 Å². The Kier molecular flexibility index (Phi) is 5.71. The van der Waals surface area contributed by atoms with Crippen LogP contribution < -0.4 is 5.32 Å². The first-order valence-corrected chi connectivity index (χ1v) is 9.79. The van der Waals surface area contributed by atoms with Crippen molar-refractivity contribution in [1.29, 1.82) is 0 Å². The Hall–Kier alpha value is -1.51. The molecule has 0 aromatic heterocycles.